The van der Waals surface area contributed by atoms with Crippen LogP contribution in [0, 0.1) is 0 Å². The van der Waals surface area contributed by atoms with Crippen LogP contribution in [0.4, 0.5) is 0 Å². The Balaban J connectivity index is 1.62. The average molecular weight is 322 g/mol. The van der Waals surface area contributed by atoms with Crippen molar-refractivity contribution in [1.29, 1.82) is 0 Å². The van der Waals surface area contributed by atoms with Gasteiger partial charge in [-0.15, -0.1) is 0 Å². The molecule has 2 saturated heterocycles. The van der Waals surface area contributed by atoms with Gasteiger partial charge in [0.15, 0.2) is 0 Å². The van der Waals surface area contributed by atoms with Crippen molar-refractivity contribution < 1.29 is 14.3 Å². The predicted molar refractivity (Wildman–Crippen MR) is 84.9 cm³/mol. The minimum atomic E-state index is -0.0133. The minimum Gasteiger partial charge on any atom is -0.383 e. The largest absolute Gasteiger partial charge is 0.383 e. The number of methoxy groups -OCH3 is 1. The third kappa shape index (κ3) is 3.91. The van der Waals surface area contributed by atoms with Crippen molar-refractivity contribution in [1.82, 2.24) is 19.4 Å². The summed E-state index contributed by atoms with van der Waals surface area (Å²) in [7, 11) is 1.70. The lowest BCUT2D eigenvalue weighted by atomic mass is 10.2. The number of aromatic nitrogens is 2. The molecule has 0 saturated carbocycles. The molecule has 2 fully saturated rings. The van der Waals surface area contributed by atoms with Crippen LogP contribution in [0.25, 0.3) is 0 Å². The Kier molecular flexibility index (Phi) is 5.64. The molecular weight excluding hydrogens is 296 g/mol. The highest BCUT2D eigenvalue weighted by molar-refractivity contribution is 5.82. The van der Waals surface area contributed by atoms with Crippen molar-refractivity contribution in [3.8, 4) is 0 Å². The van der Waals surface area contributed by atoms with Crippen LogP contribution >= 0.6 is 0 Å². The van der Waals surface area contributed by atoms with Gasteiger partial charge in [-0.3, -0.25) is 9.69 Å². The van der Waals surface area contributed by atoms with Gasteiger partial charge in [0.1, 0.15) is 5.82 Å². The summed E-state index contributed by atoms with van der Waals surface area (Å²) in [6.45, 7) is 5.87. The van der Waals surface area contributed by atoms with Crippen LogP contribution in [0.2, 0.25) is 0 Å². The highest BCUT2D eigenvalue weighted by Gasteiger charge is 2.34. The second-order valence-electron chi connectivity index (χ2n) is 6.10. The number of morpholine rings is 1. The normalized spacial score (nSPS) is 22.7. The first-order valence-corrected chi connectivity index (χ1v) is 8.39. The van der Waals surface area contributed by atoms with Gasteiger partial charge < -0.3 is 18.9 Å². The molecule has 0 bridgehead atoms. The summed E-state index contributed by atoms with van der Waals surface area (Å²) in [4.78, 5) is 21.5. The Morgan fingerprint density at radius 3 is 3.00 bits per heavy atom. The highest BCUT2D eigenvalue weighted by atomic mass is 16.5. The third-order valence-electron chi connectivity index (χ3n) is 4.65. The van der Waals surface area contributed by atoms with E-state index in [2.05, 4.69) is 14.5 Å². The first kappa shape index (κ1) is 16.4. The molecule has 1 aromatic rings. The Hall–Kier alpha value is -1.44. The van der Waals surface area contributed by atoms with Gasteiger partial charge in [-0.05, 0) is 19.4 Å². The lowest BCUT2D eigenvalue weighted by Gasteiger charge is -2.32. The molecule has 2 aliphatic heterocycles. The van der Waals surface area contributed by atoms with Crippen molar-refractivity contribution in [2.24, 2.45) is 0 Å². The van der Waals surface area contributed by atoms with Gasteiger partial charge in [-0.1, -0.05) is 0 Å². The topological polar surface area (TPSA) is 59.8 Å². The molecule has 1 unspecified atom stereocenters. The quantitative estimate of drug-likeness (QED) is 0.756. The van der Waals surface area contributed by atoms with Crippen molar-refractivity contribution in [2.45, 2.75) is 32.0 Å². The lowest BCUT2D eigenvalue weighted by molar-refractivity contribution is -0.140. The summed E-state index contributed by atoms with van der Waals surface area (Å²) in [5.41, 5.74) is 0. The van der Waals surface area contributed by atoms with Crippen LogP contribution < -0.4 is 0 Å². The van der Waals surface area contributed by atoms with Gasteiger partial charge >= 0.3 is 0 Å². The Morgan fingerprint density at radius 2 is 2.22 bits per heavy atom. The minimum absolute atomic E-state index is 0.0133. The van der Waals surface area contributed by atoms with Gasteiger partial charge in [0.05, 0.1) is 32.4 Å². The van der Waals surface area contributed by atoms with E-state index in [1.807, 2.05) is 17.3 Å². The van der Waals surface area contributed by atoms with Gasteiger partial charge in [0, 0.05) is 39.1 Å². The lowest BCUT2D eigenvalue weighted by Crippen LogP contribution is -2.49. The third-order valence-corrected chi connectivity index (χ3v) is 4.65. The van der Waals surface area contributed by atoms with E-state index in [-0.39, 0.29) is 11.9 Å². The summed E-state index contributed by atoms with van der Waals surface area (Å²) in [5, 5.41) is 0. The number of hydrogen-bond donors (Lipinski definition) is 0. The zero-order chi connectivity index (χ0) is 16.1. The van der Waals surface area contributed by atoms with Crippen LogP contribution in [-0.2, 0) is 27.4 Å². The monoisotopic (exact) mass is 322 g/mol. The molecule has 128 valence electrons. The van der Waals surface area contributed by atoms with Crippen LogP contribution in [0.5, 0.6) is 0 Å². The van der Waals surface area contributed by atoms with Crippen molar-refractivity contribution in [3.05, 3.63) is 18.2 Å². The molecule has 0 N–H and O–H groups in total. The van der Waals surface area contributed by atoms with E-state index >= 15 is 0 Å². The number of rotatable bonds is 6. The number of likely N-dealkylation sites (tertiary alicyclic amines) is 1. The molecule has 7 nitrogen and oxygen atoms in total. The maximum atomic E-state index is 12.8. The van der Waals surface area contributed by atoms with E-state index in [9.17, 15) is 4.79 Å². The van der Waals surface area contributed by atoms with E-state index in [0.717, 1.165) is 38.3 Å². The summed E-state index contributed by atoms with van der Waals surface area (Å²) < 4.78 is 12.6. The summed E-state index contributed by atoms with van der Waals surface area (Å²) in [5.74, 6) is 1.25. The number of amides is 1. The van der Waals surface area contributed by atoms with Crippen molar-refractivity contribution in [2.75, 3.05) is 46.6 Å². The number of carbonyl (C=O) groups excluding carboxylic acids is 1. The van der Waals surface area contributed by atoms with Crippen molar-refractivity contribution in [3.63, 3.8) is 0 Å². The smallest absolute Gasteiger partial charge is 0.240 e. The SMILES string of the molecule is COCCn1ccnc1CN1CCCC1C(=O)N1CCOCC1. The number of imidazole rings is 1. The van der Waals surface area contributed by atoms with Crippen LogP contribution in [0.15, 0.2) is 12.4 Å². The maximum Gasteiger partial charge on any atom is 0.240 e. The molecule has 0 radical (unpaired) electrons. The standard InChI is InChI=1S/C16H26N4O3/c1-22-10-7-18-6-4-17-15(18)13-20-5-2-3-14(20)16(21)19-8-11-23-12-9-19/h4,6,14H,2-3,5,7-13H2,1H3. The number of hydrogen-bond acceptors (Lipinski definition) is 5. The van der Waals surface area contributed by atoms with Gasteiger partial charge in [-0.2, -0.15) is 0 Å². The Labute approximate surface area is 137 Å². The van der Waals surface area contributed by atoms with E-state index in [1.165, 1.54) is 0 Å². The molecule has 0 spiro atoms. The first-order valence-electron chi connectivity index (χ1n) is 8.39. The molecule has 7 heteroatoms. The molecule has 3 heterocycles. The van der Waals surface area contributed by atoms with E-state index < -0.39 is 0 Å². The molecule has 2 aliphatic rings. The number of ether oxygens (including phenoxy) is 2. The second-order valence-corrected chi connectivity index (χ2v) is 6.10. The zero-order valence-corrected chi connectivity index (χ0v) is 13.8. The van der Waals surface area contributed by atoms with Gasteiger partial charge in [0.2, 0.25) is 5.91 Å². The van der Waals surface area contributed by atoms with Gasteiger partial charge in [-0.25, -0.2) is 4.98 Å². The molecule has 0 aliphatic carbocycles. The van der Waals surface area contributed by atoms with E-state index in [0.29, 0.717) is 32.9 Å². The van der Waals surface area contributed by atoms with Crippen molar-refractivity contribution >= 4 is 5.91 Å². The molecule has 3 rings (SSSR count). The Bertz CT molecular complexity index is 513. The zero-order valence-electron chi connectivity index (χ0n) is 13.8. The van der Waals surface area contributed by atoms with Crippen LogP contribution in [0.1, 0.15) is 18.7 Å². The van der Waals surface area contributed by atoms with Crippen LogP contribution in [0.3, 0.4) is 0 Å². The molecule has 23 heavy (non-hydrogen) atoms. The number of carbonyl (C=O) groups is 1. The fourth-order valence-corrected chi connectivity index (χ4v) is 3.36. The highest BCUT2D eigenvalue weighted by Crippen LogP contribution is 2.22. The molecule has 1 atom stereocenters. The summed E-state index contributed by atoms with van der Waals surface area (Å²) in [6.07, 6.45) is 5.80. The summed E-state index contributed by atoms with van der Waals surface area (Å²) >= 11 is 0. The fraction of sp³-hybridized carbons (Fsp3) is 0.750. The predicted octanol–water partition coefficient (Wildman–Crippen LogP) is 0.353. The molecule has 0 aromatic carbocycles. The number of nitrogens with zero attached hydrogens (tertiary/aromatic N) is 4. The first-order chi connectivity index (χ1) is 11.3. The molecular formula is C16H26N4O3. The van der Waals surface area contributed by atoms with Crippen LogP contribution in [-0.4, -0.2) is 77.9 Å². The summed E-state index contributed by atoms with van der Waals surface area (Å²) in [6, 6.07) is -0.0133. The molecule has 1 amide bonds. The maximum absolute atomic E-state index is 12.8. The fourth-order valence-electron chi connectivity index (χ4n) is 3.36. The van der Waals surface area contributed by atoms with E-state index in [1.54, 1.807) is 7.11 Å². The second kappa shape index (κ2) is 7.90. The average Bonchev–Trinajstić information content (AvgIpc) is 3.23. The molecule has 1 aromatic heterocycles. The Morgan fingerprint density at radius 1 is 1.39 bits per heavy atom. The van der Waals surface area contributed by atoms with Gasteiger partial charge in [0.25, 0.3) is 0 Å². The van der Waals surface area contributed by atoms with E-state index in [4.69, 9.17) is 9.47 Å².